The van der Waals surface area contributed by atoms with E-state index in [1.807, 2.05) is 6.92 Å². The van der Waals surface area contributed by atoms with Crippen molar-refractivity contribution in [3.8, 4) is 0 Å². The molecule has 1 aliphatic heterocycles. The van der Waals surface area contributed by atoms with Gasteiger partial charge in [0, 0.05) is 17.1 Å². The molecule has 5 nitrogen and oxygen atoms in total. The summed E-state index contributed by atoms with van der Waals surface area (Å²) in [5.74, 6) is -2.29. The Hall–Kier alpha value is -1.66. The van der Waals surface area contributed by atoms with Crippen molar-refractivity contribution in [1.29, 1.82) is 0 Å². The molecular formula is C14H15ClFNO4. The molecular weight excluding hydrogens is 301 g/mol. The fourth-order valence-electron chi connectivity index (χ4n) is 2.47. The number of carbonyl (C=O) groups is 2. The fraction of sp³-hybridized carbons (Fsp3) is 0.429. The van der Waals surface area contributed by atoms with Crippen LogP contribution in [0.25, 0.3) is 0 Å². The predicted octanol–water partition coefficient (Wildman–Crippen LogP) is 2.24. The molecule has 0 aliphatic carbocycles. The van der Waals surface area contributed by atoms with Crippen LogP contribution in [0.3, 0.4) is 0 Å². The third kappa shape index (κ3) is 3.01. The molecule has 1 aromatic carbocycles. The zero-order valence-electron chi connectivity index (χ0n) is 11.4. The first-order chi connectivity index (χ1) is 9.97. The van der Waals surface area contributed by atoms with E-state index in [0.717, 1.165) is 0 Å². The number of carbonyl (C=O) groups excluding carboxylic acids is 1. The highest BCUT2D eigenvalue weighted by molar-refractivity contribution is 6.31. The Morgan fingerprint density at radius 3 is 2.86 bits per heavy atom. The molecule has 2 atom stereocenters. The molecule has 1 aliphatic rings. The molecule has 1 heterocycles. The molecule has 0 saturated carbocycles. The summed E-state index contributed by atoms with van der Waals surface area (Å²) in [6.45, 7) is 1.82. The smallest absolute Gasteiger partial charge is 0.335 e. The van der Waals surface area contributed by atoms with Gasteiger partial charge in [0.2, 0.25) is 5.91 Å². The largest absolute Gasteiger partial charge is 0.479 e. The van der Waals surface area contributed by atoms with Crippen molar-refractivity contribution in [2.75, 3.05) is 13.2 Å². The van der Waals surface area contributed by atoms with Crippen molar-refractivity contribution in [2.45, 2.75) is 25.5 Å². The van der Waals surface area contributed by atoms with Crippen LogP contribution in [0.1, 0.15) is 24.9 Å². The van der Waals surface area contributed by atoms with Gasteiger partial charge in [-0.3, -0.25) is 4.79 Å². The van der Waals surface area contributed by atoms with E-state index in [1.54, 1.807) is 0 Å². The van der Waals surface area contributed by atoms with Gasteiger partial charge >= 0.3 is 5.97 Å². The third-order valence-corrected chi connectivity index (χ3v) is 3.66. The van der Waals surface area contributed by atoms with Crippen molar-refractivity contribution >= 4 is 23.5 Å². The second-order valence-corrected chi connectivity index (χ2v) is 5.14. The van der Waals surface area contributed by atoms with Crippen LogP contribution in [0, 0.1) is 5.82 Å². The molecule has 0 radical (unpaired) electrons. The van der Waals surface area contributed by atoms with E-state index in [2.05, 4.69) is 0 Å². The van der Waals surface area contributed by atoms with Crippen LogP contribution in [0.2, 0.25) is 5.02 Å². The molecule has 114 valence electrons. The standard InChI is InChI=1S/C14H15ClFNO4/c1-2-6-17-10(18)7-21-13(14(19)20)12(17)11-8(15)4-3-5-9(11)16/h3-5,12-13H,2,6-7H2,1H3,(H,19,20). The molecule has 7 heteroatoms. The summed E-state index contributed by atoms with van der Waals surface area (Å²) in [4.78, 5) is 24.7. The zero-order valence-corrected chi connectivity index (χ0v) is 12.1. The van der Waals surface area contributed by atoms with E-state index >= 15 is 0 Å². The normalized spacial score (nSPS) is 22.4. The summed E-state index contributed by atoms with van der Waals surface area (Å²) >= 11 is 6.02. The minimum absolute atomic E-state index is 0.0203. The highest BCUT2D eigenvalue weighted by Gasteiger charge is 2.43. The Morgan fingerprint density at radius 2 is 2.29 bits per heavy atom. The van der Waals surface area contributed by atoms with E-state index < -0.39 is 23.9 Å². The summed E-state index contributed by atoms with van der Waals surface area (Å²) in [6.07, 6.45) is -0.732. The van der Waals surface area contributed by atoms with E-state index in [-0.39, 0.29) is 23.1 Å². The minimum Gasteiger partial charge on any atom is -0.479 e. The topological polar surface area (TPSA) is 66.8 Å². The van der Waals surface area contributed by atoms with Crippen LogP contribution < -0.4 is 0 Å². The summed E-state index contributed by atoms with van der Waals surface area (Å²) in [7, 11) is 0. The molecule has 1 N–H and O–H groups in total. The molecule has 0 aromatic heterocycles. The van der Waals surface area contributed by atoms with E-state index in [9.17, 15) is 19.1 Å². The lowest BCUT2D eigenvalue weighted by atomic mass is 9.96. The molecule has 21 heavy (non-hydrogen) atoms. The molecule has 1 aromatic rings. The first-order valence-corrected chi connectivity index (χ1v) is 6.93. The number of nitrogens with zero attached hydrogens (tertiary/aromatic N) is 1. The summed E-state index contributed by atoms with van der Waals surface area (Å²) in [6, 6.07) is 3.00. The highest BCUT2D eigenvalue weighted by atomic mass is 35.5. The molecule has 1 fully saturated rings. The zero-order chi connectivity index (χ0) is 15.6. The van der Waals surface area contributed by atoms with E-state index in [1.165, 1.54) is 23.1 Å². The lowest BCUT2D eigenvalue weighted by Gasteiger charge is -2.39. The van der Waals surface area contributed by atoms with Crippen molar-refractivity contribution in [3.05, 3.63) is 34.6 Å². The van der Waals surface area contributed by atoms with Gasteiger partial charge in [0.15, 0.2) is 6.10 Å². The van der Waals surface area contributed by atoms with Gasteiger partial charge in [-0.15, -0.1) is 0 Å². The quantitative estimate of drug-likeness (QED) is 0.925. The van der Waals surface area contributed by atoms with Crippen molar-refractivity contribution in [1.82, 2.24) is 4.90 Å². The van der Waals surface area contributed by atoms with Crippen molar-refractivity contribution in [3.63, 3.8) is 0 Å². The van der Waals surface area contributed by atoms with Crippen LogP contribution in [0.5, 0.6) is 0 Å². The van der Waals surface area contributed by atoms with Gasteiger partial charge in [-0.2, -0.15) is 0 Å². The van der Waals surface area contributed by atoms with Crippen LogP contribution in [-0.2, 0) is 14.3 Å². The number of aliphatic carboxylic acids is 1. The second-order valence-electron chi connectivity index (χ2n) is 4.74. The van der Waals surface area contributed by atoms with Crippen molar-refractivity contribution in [2.24, 2.45) is 0 Å². The Morgan fingerprint density at radius 1 is 1.57 bits per heavy atom. The maximum Gasteiger partial charge on any atom is 0.335 e. The maximum absolute atomic E-state index is 14.1. The monoisotopic (exact) mass is 315 g/mol. The van der Waals surface area contributed by atoms with Gasteiger partial charge < -0.3 is 14.7 Å². The molecule has 2 rings (SSSR count). The molecule has 2 unspecified atom stereocenters. The van der Waals surface area contributed by atoms with Crippen LogP contribution in [-0.4, -0.2) is 41.1 Å². The van der Waals surface area contributed by atoms with Crippen LogP contribution in [0.4, 0.5) is 4.39 Å². The fourth-order valence-corrected chi connectivity index (χ4v) is 2.74. The number of carboxylic acids is 1. The molecule has 1 saturated heterocycles. The maximum atomic E-state index is 14.1. The second kappa shape index (κ2) is 6.41. The average molecular weight is 316 g/mol. The van der Waals surface area contributed by atoms with E-state index in [4.69, 9.17) is 16.3 Å². The number of rotatable bonds is 4. The van der Waals surface area contributed by atoms with E-state index in [0.29, 0.717) is 13.0 Å². The minimum atomic E-state index is -1.34. The number of carboxylic acid groups (broad SMARTS) is 1. The summed E-state index contributed by atoms with van der Waals surface area (Å²) in [5.41, 5.74) is -0.0203. The first-order valence-electron chi connectivity index (χ1n) is 6.55. The van der Waals surface area contributed by atoms with Crippen molar-refractivity contribution < 1.29 is 23.8 Å². The predicted molar refractivity (Wildman–Crippen MR) is 73.5 cm³/mol. The third-order valence-electron chi connectivity index (χ3n) is 3.33. The highest BCUT2D eigenvalue weighted by Crippen LogP contribution is 2.36. The number of benzene rings is 1. The molecule has 1 amide bonds. The van der Waals surface area contributed by atoms with Gasteiger partial charge in [-0.1, -0.05) is 24.6 Å². The van der Waals surface area contributed by atoms with Gasteiger partial charge in [0.25, 0.3) is 0 Å². The Bertz CT molecular complexity index is 546. The lowest BCUT2D eigenvalue weighted by Crippen LogP contribution is -2.52. The Kier molecular flexibility index (Phi) is 4.80. The number of ether oxygens (including phenoxy) is 1. The Labute approximate surface area is 126 Å². The summed E-state index contributed by atoms with van der Waals surface area (Å²) < 4.78 is 19.2. The lowest BCUT2D eigenvalue weighted by molar-refractivity contribution is -0.173. The first kappa shape index (κ1) is 15.7. The van der Waals surface area contributed by atoms with Gasteiger partial charge in [0.1, 0.15) is 12.4 Å². The Balaban J connectivity index is 2.54. The number of amides is 1. The summed E-state index contributed by atoms with van der Waals surface area (Å²) in [5, 5.41) is 9.37. The molecule has 0 spiro atoms. The SMILES string of the molecule is CCCN1C(=O)COC(C(=O)O)C1c1c(F)cccc1Cl. The number of morpholine rings is 1. The number of hydrogen-bond acceptors (Lipinski definition) is 3. The van der Waals surface area contributed by atoms with Gasteiger partial charge in [-0.05, 0) is 18.6 Å². The van der Waals surface area contributed by atoms with Crippen LogP contribution >= 0.6 is 11.6 Å². The number of hydrogen-bond donors (Lipinski definition) is 1. The van der Waals surface area contributed by atoms with Gasteiger partial charge in [0.05, 0.1) is 6.04 Å². The van der Waals surface area contributed by atoms with Gasteiger partial charge in [-0.25, -0.2) is 9.18 Å². The number of halogens is 2. The molecule has 0 bridgehead atoms. The van der Waals surface area contributed by atoms with Crippen LogP contribution in [0.15, 0.2) is 18.2 Å². The average Bonchev–Trinajstić information content (AvgIpc) is 2.42.